The largest absolute Gasteiger partial charge is 0.360 e. The van der Waals surface area contributed by atoms with E-state index < -0.39 is 4.92 Å². The van der Waals surface area contributed by atoms with Gasteiger partial charge in [0.1, 0.15) is 5.76 Å². The van der Waals surface area contributed by atoms with Crippen LogP contribution in [0.5, 0.6) is 0 Å². The lowest BCUT2D eigenvalue weighted by Crippen LogP contribution is -2.41. The second-order valence-corrected chi connectivity index (χ2v) is 6.94. The maximum atomic E-state index is 12.9. The van der Waals surface area contributed by atoms with Crippen molar-refractivity contribution in [3.8, 4) is 0 Å². The van der Waals surface area contributed by atoms with Gasteiger partial charge in [-0.1, -0.05) is 5.16 Å². The highest BCUT2D eigenvalue weighted by atomic mass is 16.6. The maximum Gasteiger partial charge on any atom is 0.274 e. The van der Waals surface area contributed by atoms with E-state index in [1.165, 1.54) is 18.2 Å². The fourth-order valence-electron chi connectivity index (χ4n) is 3.43. The summed E-state index contributed by atoms with van der Waals surface area (Å²) >= 11 is 0. The van der Waals surface area contributed by atoms with Gasteiger partial charge in [-0.3, -0.25) is 24.8 Å². The number of carbonyl (C=O) groups excluding carboxylic acids is 2. The second kappa shape index (κ2) is 7.34. The zero-order valence-electron chi connectivity index (χ0n) is 15.5. The quantitative estimate of drug-likeness (QED) is 0.506. The average molecular weight is 398 g/mol. The Bertz CT molecular complexity index is 1100. The predicted octanol–water partition coefficient (Wildman–Crippen LogP) is 2.26. The molecule has 0 radical (unpaired) electrons. The number of nitro benzene ring substituents is 1. The topological polar surface area (TPSA) is 147 Å². The summed E-state index contributed by atoms with van der Waals surface area (Å²) in [5, 5.41) is 24.7. The Morgan fingerprint density at radius 2 is 2.07 bits per heavy atom. The molecule has 0 aliphatic carbocycles. The number of piperidine rings is 1. The monoisotopic (exact) mass is 398 g/mol. The smallest absolute Gasteiger partial charge is 0.274 e. The lowest BCUT2D eigenvalue weighted by atomic mass is 9.95. The number of anilines is 1. The molecule has 1 aromatic carbocycles. The summed E-state index contributed by atoms with van der Waals surface area (Å²) in [6.07, 6.45) is 0.994. The van der Waals surface area contributed by atoms with E-state index in [9.17, 15) is 19.7 Å². The fraction of sp³-hybridized carbons (Fsp3) is 0.333. The number of aromatic amines is 1. The van der Waals surface area contributed by atoms with E-state index >= 15 is 0 Å². The Labute approximate surface area is 164 Å². The Morgan fingerprint density at radius 1 is 1.31 bits per heavy atom. The van der Waals surface area contributed by atoms with Crippen LogP contribution in [-0.4, -0.2) is 50.1 Å². The summed E-state index contributed by atoms with van der Waals surface area (Å²) in [5.41, 5.74) is 0.590. The van der Waals surface area contributed by atoms with Crippen LogP contribution >= 0.6 is 0 Å². The van der Waals surface area contributed by atoms with Gasteiger partial charge in [0.05, 0.1) is 10.4 Å². The number of hydrogen-bond donors (Lipinski definition) is 2. The first-order valence-electron chi connectivity index (χ1n) is 9.08. The number of rotatable bonds is 4. The van der Waals surface area contributed by atoms with Gasteiger partial charge in [0.25, 0.3) is 11.6 Å². The van der Waals surface area contributed by atoms with Crippen LogP contribution in [0.15, 0.2) is 28.8 Å². The van der Waals surface area contributed by atoms with Crippen molar-refractivity contribution in [1.82, 2.24) is 20.3 Å². The zero-order valence-corrected chi connectivity index (χ0v) is 15.5. The van der Waals surface area contributed by atoms with E-state index in [4.69, 9.17) is 4.52 Å². The molecule has 4 rings (SSSR count). The normalized spacial score (nSPS) is 14.9. The predicted molar refractivity (Wildman–Crippen MR) is 101 cm³/mol. The second-order valence-electron chi connectivity index (χ2n) is 6.94. The number of non-ortho nitro benzene ring substituents is 1. The van der Waals surface area contributed by atoms with Crippen molar-refractivity contribution in [2.45, 2.75) is 19.8 Å². The van der Waals surface area contributed by atoms with Crippen molar-refractivity contribution in [2.24, 2.45) is 5.92 Å². The van der Waals surface area contributed by atoms with Crippen molar-refractivity contribution < 1.29 is 19.0 Å². The molecule has 11 nitrogen and oxygen atoms in total. The molecule has 2 aromatic heterocycles. The SMILES string of the molecule is Cc1cc(NC(=O)C2CCN(C(=O)c3n[nH]c4ccc([N+](=O)[O-])cc34)CC2)no1. The molecule has 1 aliphatic heterocycles. The number of fused-ring (bicyclic) bond motifs is 1. The van der Waals surface area contributed by atoms with E-state index in [0.717, 1.165) is 0 Å². The van der Waals surface area contributed by atoms with Crippen LogP contribution in [0.2, 0.25) is 0 Å². The molecule has 3 aromatic rings. The first-order valence-corrected chi connectivity index (χ1v) is 9.08. The third-order valence-corrected chi connectivity index (χ3v) is 4.99. The number of hydrogen-bond acceptors (Lipinski definition) is 7. The Kier molecular flexibility index (Phi) is 4.71. The molecule has 0 unspecified atom stereocenters. The van der Waals surface area contributed by atoms with Gasteiger partial charge in [0.2, 0.25) is 5.91 Å². The minimum Gasteiger partial charge on any atom is -0.360 e. The number of carbonyl (C=O) groups is 2. The van der Waals surface area contributed by atoms with Crippen LogP contribution in [0.3, 0.4) is 0 Å². The van der Waals surface area contributed by atoms with Crippen LogP contribution in [-0.2, 0) is 4.79 Å². The zero-order chi connectivity index (χ0) is 20.5. The molecule has 0 saturated carbocycles. The van der Waals surface area contributed by atoms with Crippen LogP contribution in [0.4, 0.5) is 11.5 Å². The van der Waals surface area contributed by atoms with Crippen LogP contribution < -0.4 is 5.32 Å². The highest BCUT2D eigenvalue weighted by molar-refractivity contribution is 6.05. The summed E-state index contributed by atoms with van der Waals surface area (Å²) in [6.45, 7) is 2.51. The number of aromatic nitrogens is 3. The lowest BCUT2D eigenvalue weighted by molar-refractivity contribution is -0.384. The molecule has 2 N–H and O–H groups in total. The molecule has 0 atom stereocenters. The molecule has 29 heavy (non-hydrogen) atoms. The van der Waals surface area contributed by atoms with E-state index in [0.29, 0.717) is 48.4 Å². The first-order chi connectivity index (χ1) is 13.9. The van der Waals surface area contributed by atoms with Crippen molar-refractivity contribution >= 4 is 34.2 Å². The molecule has 3 heterocycles. The number of nitro groups is 1. The highest BCUT2D eigenvalue weighted by Crippen LogP contribution is 2.25. The van der Waals surface area contributed by atoms with Crippen LogP contribution in [0.1, 0.15) is 29.1 Å². The van der Waals surface area contributed by atoms with Gasteiger partial charge in [-0.15, -0.1) is 0 Å². The minimum absolute atomic E-state index is 0.105. The molecule has 1 fully saturated rings. The Balaban J connectivity index is 1.42. The van der Waals surface area contributed by atoms with Gasteiger partial charge in [-0.05, 0) is 25.8 Å². The third-order valence-electron chi connectivity index (χ3n) is 4.99. The van der Waals surface area contributed by atoms with Crippen LogP contribution in [0.25, 0.3) is 10.9 Å². The number of nitrogens with zero attached hydrogens (tertiary/aromatic N) is 4. The van der Waals surface area contributed by atoms with E-state index in [1.54, 1.807) is 17.9 Å². The molecule has 150 valence electrons. The molecule has 11 heteroatoms. The summed E-state index contributed by atoms with van der Waals surface area (Å²) in [4.78, 5) is 37.4. The lowest BCUT2D eigenvalue weighted by Gasteiger charge is -2.30. The van der Waals surface area contributed by atoms with Gasteiger partial charge in [-0.2, -0.15) is 5.10 Å². The van der Waals surface area contributed by atoms with Gasteiger partial charge in [0, 0.05) is 42.6 Å². The average Bonchev–Trinajstić information content (AvgIpc) is 3.32. The first kappa shape index (κ1) is 18.6. The van der Waals surface area contributed by atoms with Crippen LogP contribution in [0, 0.1) is 23.0 Å². The summed E-state index contributed by atoms with van der Waals surface area (Å²) in [6, 6.07) is 5.86. The maximum absolute atomic E-state index is 12.9. The summed E-state index contributed by atoms with van der Waals surface area (Å²) < 4.78 is 4.93. The highest BCUT2D eigenvalue weighted by Gasteiger charge is 2.30. The Morgan fingerprint density at radius 3 is 2.72 bits per heavy atom. The third kappa shape index (κ3) is 3.66. The van der Waals surface area contributed by atoms with Gasteiger partial charge in [0.15, 0.2) is 11.5 Å². The molecule has 1 saturated heterocycles. The number of H-pyrrole nitrogens is 1. The van der Waals surface area contributed by atoms with Crippen molar-refractivity contribution in [1.29, 1.82) is 0 Å². The number of aryl methyl sites for hydroxylation is 1. The molecular formula is C18H18N6O5. The summed E-state index contributed by atoms with van der Waals surface area (Å²) in [7, 11) is 0. The fourth-order valence-corrected chi connectivity index (χ4v) is 3.43. The van der Waals surface area contributed by atoms with Gasteiger partial charge < -0.3 is 14.7 Å². The van der Waals surface area contributed by atoms with Crippen molar-refractivity contribution in [3.63, 3.8) is 0 Å². The molecule has 0 bridgehead atoms. The number of benzene rings is 1. The van der Waals surface area contributed by atoms with Gasteiger partial charge in [-0.25, -0.2) is 0 Å². The van der Waals surface area contributed by atoms with Crippen molar-refractivity contribution in [3.05, 3.63) is 45.8 Å². The van der Waals surface area contributed by atoms with E-state index in [-0.39, 0.29) is 29.1 Å². The van der Waals surface area contributed by atoms with Crippen molar-refractivity contribution in [2.75, 3.05) is 18.4 Å². The number of likely N-dealkylation sites (tertiary alicyclic amines) is 1. The number of nitrogens with one attached hydrogen (secondary N) is 2. The number of amides is 2. The molecular weight excluding hydrogens is 380 g/mol. The minimum atomic E-state index is -0.513. The molecule has 1 aliphatic rings. The van der Waals surface area contributed by atoms with E-state index in [2.05, 4.69) is 20.7 Å². The Hall–Kier alpha value is -3.76. The van der Waals surface area contributed by atoms with Gasteiger partial charge >= 0.3 is 0 Å². The summed E-state index contributed by atoms with van der Waals surface area (Å²) in [5.74, 6) is 0.254. The molecule has 2 amide bonds. The molecule has 0 spiro atoms. The standard InChI is InChI=1S/C18H18N6O5/c1-10-8-15(22-29-10)19-17(25)11-4-6-23(7-5-11)18(26)16-13-9-12(24(27)28)2-3-14(13)20-21-16/h2-3,8-9,11H,4-7H2,1H3,(H,20,21)(H,19,22,25). The van der Waals surface area contributed by atoms with E-state index in [1.807, 2.05) is 0 Å².